The summed E-state index contributed by atoms with van der Waals surface area (Å²) in [4.78, 5) is 25.2. The van der Waals surface area contributed by atoms with Crippen LogP contribution in [0.2, 0.25) is 0 Å². The minimum absolute atomic E-state index is 0.141. The van der Waals surface area contributed by atoms with Crippen LogP contribution in [0.15, 0.2) is 0 Å². The Kier molecular flexibility index (Phi) is 3.25. The fourth-order valence-corrected chi connectivity index (χ4v) is 3.86. The molecule has 0 radical (unpaired) electrons. The number of carbonyl (C=O) groups excluding carboxylic acids is 2. The van der Waals surface area contributed by atoms with E-state index in [0.717, 1.165) is 0 Å². The van der Waals surface area contributed by atoms with Crippen LogP contribution >= 0.6 is 0 Å². The number of ketones is 1. The zero-order valence-corrected chi connectivity index (χ0v) is 11.8. The van der Waals surface area contributed by atoms with E-state index in [9.17, 15) is 13.8 Å². The molecule has 2 rings (SSSR count). The minimum atomic E-state index is -0.926. The van der Waals surface area contributed by atoms with Crippen molar-refractivity contribution in [3.05, 3.63) is 0 Å². The second kappa shape index (κ2) is 4.33. The fraction of sp³-hybridized carbons (Fsp3) is 0.833. The molecule has 5 nitrogen and oxygen atoms in total. The van der Waals surface area contributed by atoms with E-state index in [2.05, 4.69) is 0 Å². The highest BCUT2D eigenvalue weighted by molar-refractivity contribution is 7.85. The van der Waals surface area contributed by atoms with Crippen molar-refractivity contribution in [1.29, 1.82) is 0 Å². The van der Waals surface area contributed by atoms with Crippen molar-refractivity contribution in [1.82, 2.24) is 4.90 Å². The van der Waals surface area contributed by atoms with Crippen molar-refractivity contribution in [2.45, 2.75) is 32.8 Å². The highest BCUT2D eigenvalue weighted by Crippen LogP contribution is 2.37. The summed E-state index contributed by atoms with van der Waals surface area (Å²) in [6, 6.07) is 0. The van der Waals surface area contributed by atoms with Gasteiger partial charge in [-0.25, -0.2) is 4.79 Å². The molecule has 0 aromatic carbocycles. The third kappa shape index (κ3) is 2.58. The molecule has 0 N–H and O–H groups in total. The van der Waals surface area contributed by atoms with Gasteiger partial charge in [0, 0.05) is 41.8 Å². The largest absolute Gasteiger partial charge is 0.444 e. The lowest BCUT2D eigenvalue weighted by atomic mass is 9.76. The van der Waals surface area contributed by atoms with Crippen LogP contribution < -0.4 is 0 Å². The Morgan fingerprint density at radius 3 is 2.56 bits per heavy atom. The summed E-state index contributed by atoms with van der Waals surface area (Å²) in [5.41, 5.74) is -1.08. The van der Waals surface area contributed by atoms with Crippen LogP contribution in [0.1, 0.15) is 27.2 Å². The van der Waals surface area contributed by atoms with E-state index in [0.29, 0.717) is 31.0 Å². The summed E-state index contributed by atoms with van der Waals surface area (Å²) in [6.45, 7) is 6.13. The molecule has 1 spiro atoms. The van der Waals surface area contributed by atoms with Gasteiger partial charge < -0.3 is 9.64 Å². The predicted octanol–water partition coefficient (Wildman–Crippen LogP) is 0.945. The smallest absolute Gasteiger partial charge is 0.410 e. The van der Waals surface area contributed by atoms with Crippen molar-refractivity contribution < 1.29 is 18.5 Å². The van der Waals surface area contributed by atoms with Gasteiger partial charge in [-0.1, -0.05) is 0 Å². The van der Waals surface area contributed by atoms with Crippen LogP contribution in [-0.4, -0.2) is 51.2 Å². The van der Waals surface area contributed by atoms with Gasteiger partial charge in [0.05, 0.1) is 5.41 Å². The summed E-state index contributed by atoms with van der Waals surface area (Å²) in [6.07, 6.45) is -0.0216. The van der Waals surface area contributed by atoms with Gasteiger partial charge in [-0.3, -0.25) is 9.00 Å². The monoisotopic (exact) mass is 273 g/mol. The van der Waals surface area contributed by atoms with Crippen LogP contribution in [0.3, 0.4) is 0 Å². The molecular weight excluding hydrogens is 254 g/mol. The lowest BCUT2D eigenvalue weighted by molar-refractivity contribution is -0.136. The number of rotatable bonds is 0. The zero-order chi connectivity index (χ0) is 13.6. The van der Waals surface area contributed by atoms with E-state index < -0.39 is 27.9 Å². The molecule has 2 aliphatic heterocycles. The van der Waals surface area contributed by atoms with Crippen LogP contribution in [0.5, 0.6) is 0 Å². The zero-order valence-electron chi connectivity index (χ0n) is 11.0. The first kappa shape index (κ1) is 13.5. The molecule has 6 heteroatoms. The Morgan fingerprint density at radius 2 is 2.00 bits per heavy atom. The van der Waals surface area contributed by atoms with Gasteiger partial charge in [-0.05, 0) is 20.8 Å². The van der Waals surface area contributed by atoms with Crippen molar-refractivity contribution in [2.24, 2.45) is 5.41 Å². The molecule has 2 heterocycles. The molecular formula is C12H19NO4S. The highest BCUT2D eigenvalue weighted by atomic mass is 32.2. The highest BCUT2D eigenvalue weighted by Gasteiger charge is 2.53. The number of Topliss-reactive ketones (excluding diaryl/α,β-unsaturated/α-hetero) is 1. The number of nitrogens with zero attached hydrogens (tertiary/aromatic N) is 1. The third-order valence-corrected chi connectivity index (χ3v) is 4.76. The summed E-state index contributed by atoms with van der Waals surface area (Å²) < 4.78 is 16.8. The molecule has 1 atom stereocenters. The predicted molar refractivity (Wildman–Crippen MR) is 67.7 cm³/mol. The molecule has 0 aromatic heterocycles. The molecule has 0 saturated carbocycles. The Hall–Kier alpha value is -0.910. The molecule has 2 saturated heterocycles. The summed E-state index contributed by atoms with van der Waals surface area (Å²) >= 11 is 0. The number of hydrogen-bond acceptors (Lipinski definition) is 4. The molecule has 18 heavy (non-hydrogen) atoms. The van der Waals surface area contributed by atoms with Crippen LogP contribution in [0.4, 0.5) is 4.79 Å². The average Bonchev–Trinajstić information content (AvgIpc) is 2.15. The molecule has 0 aliphatic carbocycles. The van der Waals surface area contributed by atoms with E-state index >= 15 is 0 Å². The first-order chi connectivity index (χ1) is 8.22. The van der Waals surface area contributed by atoms with Gasteiger partial charge in [0.1, 0.15) is 11.4 Å². The molecule has 1 amide bonds. The Bertz CT molecular complexity index is 407. The average molecular weight is 273 g/mol. The quantitative estimate of drug-likeness (QED) is 0.659. The lowest BCUT2D eigenvalue weighted by Crippen LogP contribution is -2.66. The van der Waals surface area contributed by atoms with Crippen molar-refractivity contribution in [3.8, 4) is 0 Å². The van der Waals surface area contributed by atoms with E-state index in [1.807, 2.05) is 0 Å². The molecule has 102 valence electrons. The van der Waals surface area contributed by atoms with Gasteiger partial charge in [-0.15, -0.1) is 0 Å². The molecule has 2 fully saturated rings. The molecule has 2 aliphatic rings. The molecule has 0 bridgehead atoms. The number of hydrogen-bond donors (Lipinski definition) is 0. The number of amides is 1. The molecule has 0 aromatic rings. The summed E-state index contributed by atoms with van der Waals surface area (Å²) in [5, 5.41) is 0. The summed E-state index contributed by atoms with van der Waals surface area (Å²) in [5.74, 6) is 1.000. The molecule has 1 unspecified atom stereocenters. The maximum absolute atomic E-state index is 11.9. The van der Waals surface area contributed by atoms with Gasteiger partial charge in [0.2, 0.25) is 0 Å². The fourth-order valence-electron chi connectivity index (χ4n) is 2.34. The number of likely N-dealkylation sites (tertiary alicyclic amines) is 1. The van der Waals surface area contributed by atoms with Crippen molar-refractivity contribution in [2.75, 3.05) is 24.6 Å². The van der Waals surface area contributed by atoms with E-state index in [1.54, 1.807) is 20.8 Å². The van der Waals surface area contributed by atoms with Crippen LogP contribution in [0.25, 0.3) is 0 Å². The van der Waals surface area contributed by atoms with Gasteiger partial charge >= 0.3 is 6.09 Å². The Morgan fingerprint density at radius 1 is 1.39 bits per heavy atom. The second-order valence-corrected chi connectivity index (χ2v) is 7.65. The maximum Gasteiger partial charge on any atom is 0.410 e. The normalized spacial score (nSPS) is 26.9. The number of carbonyl (C=O) groups is 2. The van der Waals surface area contributed by atoms with Gasteiger partial charge in [-0.2, -0.15) is 0 Å². The Balaban J connectivity index is 1.95. The first-order valence-electron chi connectivity index (χ1n) is 6.08. The minimum Gasteiger partial charge on any atom is -0.444 e. The topological polar surface area (TPSA) is 63.7 Å². The van der Waals surface area contributed by atoms with E-state index in [4.69, 9.17) is 4.74 Å². The van der Waals surface area contributed by atoms with E-state index in [1.165, 1.54) is 4.90 Å². The lowest BCUT2D eigenvalue weighted by Gasteiger charge is -2.49. The number of ether oxygens (including phenoxy) is 1. The third-order valence-electron chi connectivity index (χ3n) is 3.22. The second-order valence-electron chi connectivity index (χ2n) is 6.08. The van der Waals surface area contributed by atoms with Crippen LogP contribution in [0, 0.1) is 5.41 Å². The SMILES string of the molecule is CC(C)(C)OC(=O)N1CC2(C1)CS(=O)CCC2=O. The van der Waals surface area contributed by atoms with Gasteiger partial charge in [0.15, 0.2) is 0 Å². The van der Waals surface area contributed by atoms with E-state index in [-0.39, 0.29) is 5.78 Å². The first-order valence-corrected chi connectivity index (χ1v) is 7.57. The van der Waals surface area contributed by atoms with Gasteiger partial charge in [0.25, 0.3) is 0 Å². The Labute approximate surface area is 109 Å². The maximum atomic E-state index is 11.9. The summed E-state index contributed by atoms with van der Waals surface area (Å²) in [7, 11) is -0.926. The van der Waals surface area contributed by atoms with Crippen molar-refractivity contribution in [3.63, 3.8) is 0 Å². The van der Waals surface area contributed by atoms with Crippen molar-refractivity contribution >= 4 is 22.7 Å². The standard InChI is InChI=1S/C12H19NO4S/c1-11(2,3)17-10(15)13-6-12(7-13)8-18(16)5-4-9(12)14/h4-8H2,1-3H3. The van der Waals surface area contributed by atoms with Crippen LogP contribution in [-0.2, 0) is 20.3 Å².